The van der Waals surface area contributed by atoms with E-state index in [9.17, 15) is 0 Å². The molecule has 1 fully saturated rings. The van der Waals surface area contributed by atoms with Crippen LogP contribution in [0.4, 0.5) is 11.4 Å². The van der Waals surface area contributed by atoms with Gasteiger partial charge in [0, 0.05) is 47.7 Å². The molecule has 44 heavy (non-hydrogen) atoms. The summed E-state index contributed by atoms with van der Waals surface area (Å²) in [6, 6.07) is 33.3. The Morgan fingerprint density at radius 2 is 1.45 bits per heavy atom. The molecule has 1 N–H and O–H groups in total. The third-order valence-corrected chi connectivity index (χ3v) is 8.81. The molecule has 3 heterocycles. The first-order chi connectivity index (χ1) is 21.4. The van der Waals surface area contributed by atoms with Gasteiger partial charge in [-0.15, -0.1) is 0 Å². The lowest BCUT2D eigenvalue weighted by Crippen LogP contribution is -2.29. The average molecular weight is 602 g/mol. The van der Waals surface area contributed by atoms with Crippen molar-refractivity contribution < 1.29 is 4.74 Å². The molecule has 1 aliphatic rings. The summed E-state index contributed by atoms with van der Waals surface area (Å²) < 4.78 is 8.46. The number of benzene rings is 3. The minimum atomic E-state index is -0.119. The number of nitrogens with one attached hydrogen (secondary N) is 1. The molecule has 0 radical (unpaired) electrons. The first-order valence-electron chi connectivity index (χ1n) is 15.3. The Bertz CT molecular complexity index is 1730. The maximum atomic E-state index is 6.12. The second-order valence-electron chi connectivity index (χ2n) is 11.3. The molecule has 0 spiro atoms. The van der Waals surface area contributed by atoms with E-state index in [0.717, 1.165) is 41.7 Å². The van der Waals surface area contributed by atoms with Crippen molar-refractivity contribution in [1.82, 2.24) is 14.9 Å². The smallest absolute Gasteiger partial charge is 0.174 e. The highest BCUT2D eigenvalue weighted by atomic mass is 32.1. The fourth-order valence-electron chi connectivity index (χ4n) is 6.25. The van der Waals surface area contributed by atoms with Crippen LogP contribution < -0.4 is 19.9 Å². The number of pyridine rings is 1. The van der Waals surface area contributed by atoms with Gasteiger partial charge in [-0.2, -0.15) is 0 Å². The summed E-state index contributed by atoms with van der Waals surface area (Å²) in [5, 5.41) is 4.28. The zero-order valence-electron chi connectivity index (χ0n) is 26.0. The lowest BCUT2D eigenvalue weighted by atomic mass is 9.96. The molecule has 6 rings (SSSR count). The van der Waals surface area contributed by atoms with Gasteiger partial charge < -0.3 is 24.4 Å². The van der Waals surface area contributed by atoms with Gasteiger partial charge in [-0.05, 0) is 131 Å². The highest BCUT2D eigenvalue weighted by Gasteiger charge is 2.42. The molecule has 0 unspecified atom stereocenters. The number of aryl methyl sites for hydroxylation is 2. The predicted molar refractivity (Wildman–Crippen MR) is 184 cm³/mol. The highest BCUT2D eigenvalue weighted by Crippen LogP contribution is 2.44. The second-order valence-corrected chi connectivity index (χ2v) is 11.6. The van der Waals surface area contributed by atoms with Crippen LogP contribution in [0.2, 0.25) is 0 Å². The van der Waals surface area contributed by atoms with Crippen LogP contribution in [0.3, 0.4) is 0 Å². The molecule has 0 saturated carbocycles. The highest BCUT2D eigenvalue weighted by molar-refractivity contribution is 7.80. The molecule has 6 nitrogen and oxygen atoms in total. The Kier molecular flexibility index (Phi) is 8.40. The quantitative estimate of drug-likeness (QED) is 0.171. The molecule has 5 aromatic rings. The van der Waals surface area contributed by atoms with Crippen LogP contribution >= 0.6 is 12.2 Å². The molecule has 2 atom stereocenters. The van der Waals surface area contributed by atoms with Crippen LogP contribution in [0.25, 0.3) is 5.69 Å². The van der Waals surface area contributed by atoms with Crippen LogP contribution in [-0.4, -0.2) is 27.8 Å². The lowest BCUT2D eigenvalue weighted by molar-refractivity contribution is 0.482. The van der Waals surface area contributed by atoms with Crippen molar-refractivity contribution in [3.8, 4) is 17.2 Å². The first-order valence-corrected chi connectivity index (χ1v) is 15.7. The number of thiocarbonyl (C=S) groups is 1. The third kappa shape index (κ3) is 5.67. The van der Waals surface area contributed by atoms with Gasteiger partial charge in [-0.25, -0.2) is 0 Å². The van der Waals surface area contributed by atoms with Crippen LogP contribution in [0.15, 0.2) is 103 Å². The lowest BCUT2D eigenvalue weighted by Gasteiger charge is -2.28. The van der Waals surface area contributed by atoms with E-state index in [1.54, 1.807) is 0 Å². The number of ether oxygens (including phenoxy) is 1. The Hall–Kier alpha value is -4.62. The fourth-order valence-corrected chi connectivity index (χ4v) is 6.60. The minimum Gasteiger partial charge on any atom is -0.457 e. The van der Waals surface area contributed by atoms with Gasteiger partial charge in [-0.1, -0.05) is 23.8 Å². The van der Waals surface area contributed by atoms with Crippen LogP contribution in [0.1, 0.15) is 54.1 Å². The standard InChI is InChI=1S/C37H39N5OS/c1-6-40(7-2)28-13-15-29(16-14-28)41-26(4)24-33(27(41)5)36-35(34-10-8-9-23-38-34)39-37(44)42(36)30-17-21-32(22-18-30)43-31-19-11-25(3)12-20-31/h8-24,35-36H,6-7H2,1-5H3,(H,39,44)/t35-,36+/m0/s1. The number of anilines is 2. The van der Waals surface area contributed by atoms with Crippen molar-refractivity contribution >= 4 is 28.7 Å². The monoisotopic (exact) mass is 601 g/mol. The largest absolute Gasteiger partial charge is 0.457 e. The van der Waals surface area contributed by atoms with Crippen LogP contribution in [-0.2, 0) is 0 Å². The second kappa shape index (κ2) is 12.5. The molecule has 2 aromatic heterocycles. The van der Waals surface area contributed by atoms with E-state index in [1.807, 2.05) is 42.6 Å². The van der Waals surface area contributed by atoms with Gasteiger partial charge in [0.05, 0.1) is 17.8 Å². The van der Waals surface area contributed by atoms with Crippen molar-refractivity contribution in [2.24, 2.45) is 0 Å². The summed E-state index contributed by atoms with van der Waals surface area (Å²) in [6.45, 7) is 12.8. The topological polar surface area (TPSA) is 45.6 Å². The summed E-state index contributed by atoms with van der Waals surface area (Å²) in [5.74, 6) is 1.59. The van der Waals surface area contributed by atoms with Crippen molar-refractivity contribution in [3.63, 3.8) is 0 Å². The van der Waals surface area contributed by atoms with E-state index >= 15 is 0 Å². The Morgan fingerprint density at radius 1 is 0.818 bits per heavy atom. The van der Waals surface area contributed by atoms with Crippen molar-refractivity contribution in [3.05, 3.63) is 131 Å². The van der Waals surface area contributed by atoms with E-state index in [1.165, 1.54) is 28.2 Å². The third-order valence-electron chi connectivity index (χ3n) is 8.50. The van der Waals surface area contributed by atoms with E-state index in [2.05, 4.69) is 115 Å². The summed E-state index contributed by atoms with van der Waals surface area (Å²) >= 11 is 6.01. The Labute approximate surface area is 265 Å². The molecule has 0 aliphatic carbocycles. The van der Waals surface area contributed by atoms with Gasteiger partial charge in [-0.3, -0.25) is 4.98 Å². The zero-order valence-corrected chi connectivity index (χ0v) is 26.8. The fraction of sp³-hybridized carbons (Fsp3) is 0.243. The van der Waals surface area contributed by atoms with Crippen LogP contribution in [0.5, 0.6) is 11.5 Å². The number of rotatable bonds is 9. The molecule has 0 amide bonds. The molecule has 224 valence electrons. The predicted octanol–water partition coefficient (Wildman–Crippen LogP) is 8.61. The normalized spacial score (nSPS) is 16.2. The molecule has 3 aromatic carbocycles. The molecule has 1 saturated heterocycles. The Morgan fingerprint density at radius 3 is 2.07 bits per heavy atom. The summed E-state index contributed by atoms with van der Waals surface area (Å²) in [6.07, 6.45) is 1.84. The van der Waals surface area contributed by atoms with E-state index in [4.69, 9.17) is 21.9 Å². The SMILES string of the molecule is CCN(CC)c1ccc(-n2c(C)cc([C@@H]3[C@H](c4ccccn4)NC(=S)N3c3ccc(Oc4ccc(C)cc4)cc3)c2C)cc1. The maximum absolute atomic E-state index is 6.12. The van der Waals surface area contributed by atoms with E-state index in [0.29, 0.717) is 5.11 Å². The number of hydrogen-bond acceptors (Lipinski definition) is 4. The molecular weight excluding hydrogens is 563 g/mol. The van der Waals surface area contributed by atoms with Crippen molar-refractivity contribution in [2.75, 3.05) is 22.9 Å². The van der Waals surface area contributed by atoms with E-state index in [-0.39, 0.29) is 12.1 Å². The minimum absolute atomic E-state index is 0.101. The first kappa shape index (κ1) is 29.5. The molecule has 0 bridgehead atoms. The maximum Gasteiger partial charge on any atom is 0.174 e. The average Bonchev–Trinajstić information content (AvgIpc) is 3.54. The number of hydrogen-bond donors (Lipinski definition) is 1. The summed E-state index contributed by atoms with van der Waals surface area (Å²) in [7, 11) is 0. The Balaban J connectivity index is 1.37. The van der Waals surface area contributed by atoms with E-state index < -0.39 is 0 Å². The summed E-state index contributed by atoms with van der Waals surface area (Å²) in [4.78, 5) is 9.33. The van der Waals surface area contributed by atoms with Crippen LogP contribution in [0, 0.1) is 20.8 Å². The van der Waals surface area contributed by atoms with Gasteiger partial charge >= 0.3 is 0 Å². The molecule has 1 aliphatic heterocycles. The van der Waals surface area contributed by atoms with Gasteiger partial charge in [0.15, 0.2) is 5.11 Å². The van der Waals surface area contributed by atoms with Crippen molar-refractivity contribution in [1.29, 1.82) is 0 Å². The van der Waals surface area contributed by atoms with Crippen molar-refractivity contribution in [2.45, 2.75) is 46.7 Å². The van der Waals surface area contributed by atoms with Gasteiger partial charge in [0.2, 0.25) is 0 Å². The van der Waals surface area contributed by atoms with Gasteiger partial charge in [0.1, 0.15) is 11.5 Å². The summed E-state index contributed by atoms with van der Waals surface area (Å²) in [5.41, 5.74) is 9.10. The number of aromatic nitrogens is 2. The number of nitrogens with zero attached hydrogens (tertiary/aromatic N) is 4. The zero-order chi connectivity index (χ0) is 30.8. The molecule has 7 heteroatoms. The molecular formula is C37H39N5OS. The van der Waals surface area contributed by atoms with Gasteiger partial charge in [0.25, 0.3) is 0 Å².